The van der Waals surface area contributed by atoms with E-state index in [4.69, 9.17) is 91.8 Å². The maximum atomic E-state index is 12.2. The molecule has 0 amide bonds. The lowest BCUT2D eigenvalue weighted by Gasteiger charge is -2.40. The summed E-state index contributed by atoms with van der Waals surface area (Å²) in [5, 5.41) is 191. The van der Waals surface area contributed by atoms with Gasteiger partial charge < -0.3 is 168 Å². The van der Waals surface area contributed by atoms with E-state index in [1.54, 1.807) is 34.6 Å². The highest BCUT2D eigenvalue weighted by atomic mass is 16.7. The van der Waals surface area contributed by atoms with Crippen molar-refractivity contribution in [2.75, 3.05) is 0 Å². The number of carboxylic acid groups (broad SMARTS) is 5. The Morgan fingerprint density at radius 1 is 0.220 bits per heavy atom. The van der Waals surface area contributed by atoms with Crippen LogP contribution in [0.1, 0.15) is 245 Å². The third-order valence-corrected chi connectivity index (χ3v) is 20.3. The standard InChI is InChI=1S/C18H32O9.3C17H30O9.C11H20O7/c1-4-6-11(8-13(19)20)26-14(21)9-12(7-5-2)27-18-17(24)16(23)15(22)10(3)25-18;3*1-4-6-11(8-13(20)25-10(5-2)7-12(18)19)26-17-16(23)15(22)14(21)9(3)24-17;1-3-6(4-7(12)13)18-11-10(16)9(15)8(14)5(2)17-11/h10-12,15-18,22-24H,4-9H2,1-3H3,(H,19,20);3*9-11,14-17,21-23H,4-8H2,1-3H3,(H,18,19);5-6,8-11,14-16H,3-4H2,1-2H3,(H,12,13)/t10?,11?,12?,15-,16-,17?,18-;3*9?,10?,11?,14-,15-,16?,17-;5?,6-,8-,9-,10?,11-/m00000/s1. The van der Waals surface area contributed by atoms with E-state index in [9.17, 15) is 120 Å². The van der Waals surface area contributed by atoms with Gasteiger partial charge in [0.1, 0.15) is 116 Å². The summed E-state index contributed by atoms with van der Waals surface area (Å²) in [6.07, 6.45) is -30.4. The third-order valence-electron chi connectivity index (χ3n) is 20.3. The van der Waals surface area contributed by atoms with Gasteiger partial charge in [0.2, 0.25) is 0 Å². The summed E-state index contributed by atoms with van der Waals surface area (Å²) < 4.78 is 75.5. The zero-order valence-corrected chi connectivity index (χ0v) is 72.7. The van der Waals surface area contributed by atoms with Crippen LogP contribution in [0.3, 0.4) is 0 Å². The second-order valence-corrected chi connectivity index (χ2v) is 31.0. The number of hydrogen-bond acceptors (Lipinski definition) is 38. The summed E-state index contributed by atoms with van der Waals surface area (Å²) in [7, 11) is 0. The number of carbonyl (C=O) groups is 9. The zero-order chi connectivity index (χ0) is 94.0. The van der Waals surface area contributed by atoms with E-state index in [-0.39, 0.29) is 57.8 Å². The molecule has 5 fully saturated rings. The molecule has 18 unspecified atom stereocenters. The maximum absolute atomic E-state index is 12.2. The SMILES string of the molecule is CCCC(CC(=O)O)OC(=O)CC(CCC)O[C@@H]1OC(C)[C@H](O)[C@H](O)C1O.CCCC(CC(=O)OC(CC)CC(=O)O)O[C@@H]1OC(C)[C@H](O)[C@H](O)C1O.CCCC(CC(=O)OC(CC)CC(=O)O)O[C@@H]1OC(C)[C@H](O)[C@H](O)C1O.CCCC(CC(=O)OC(CC)CC(=O)O)O[C@@H]1OC(C)[C@H](O)[C@H](O)C1O.CC[C@@H](CC(=O)O)O[C@@H]1OC(C)[C@H](O)[C@H](O)C1O. The van der Waals surface area contributed by atoms with Crippen LogP contribution in [0.4, 0.5) is 0 Å². The molecule has 5 aliphatic heterocycles. The number of aliphatic carboxylic acids is 5. The Bertz CT molecular complexity index is 2810. The summed E-state index contributed by atoms with van der Waals surface area (Å²) >= 11 is 0. The van der Waals surface area contributed by atoms with Gasteiger partial charge in [-0.3, -0.25) is 43.2 Å². The molecule has 0 aromatic rings. The van der Waals surface area contributed by atoms with Gasteiger partial charge in [0.05, 0.1) is 119 Å². The lowest BCUT2D eigenvalue weighted by atomic mass is 10.00. The number of carboxylic acids is 5. The number of aliphatic hydroxyl groups excluding tert-OH is 15. The van der Waals surface area contributed by atoms with Crippen molar-refractivity contribution in [3.63, 3.8) is 0 Å². The molecule has 5 saturated heterocycles. The van der Waals surface area contributed by atoms with Crippen LogP contribution in [0, 0.1) is 0 Å². The summed E-state index contributed by atoms with van der Waals surface area (Å²) in [5.41, 5.74) is 0. The first-order valence-electron chi connectivity index (χ1n) is 42.2. The van der Waals surface area contributed by atoms with Crippen LogP contribution in [-0.2, 0) is 109 Å². The summed E-state index contributed by atoms with van der Waals surface area (Å²) in [6.45, 7) is 24.0. The van der Waals surface area contributed by atoms with Crippen LogP contribution in [0.5, 0.6) is 0 Å². The lowest BCUT2D eigenvalue weighted by Crippen LogP contribution is -2.58. The predicted molar refractivity (Wildman–Crippen MR) is 421 cm³/mol. The van der Waals surface area contributed by atoms with Crippen molar-refractivity contribution < 1.29 is 212 Å². The van der Waals surface area contributed by atoms with Gasteiger partial charge >= 0.3 is 53.7 Å². The lowest BCUT2D eigenvalue weighted by molar-refractivity contribution is -0.304. The highest BCUT2D eigenvalue weighted by Crippen LogP contribution is 2.31. The molecule has 34 atom stereocenters. The number of esters is 4. The van der Waals surface area contributed by atoms with Gasteiger partial charge in [-0.15, -0.1) is 0 Å². The molecule has 0 aliphatic carbocycles. The van der Waals surface area contributed by atoms with Gasteiger partial charge in [-0.25, -0.2) is 0 Å². The van der Waals surface area contributed by atoms with E-state index in [0.717, 1.165) is 0 Å². The van der Waals surface area contributed by atoms with Crippen molar-refractivity contribution in [1.29, 1.82) is 0 Å². The van der Waals surface area contributed by atoms with Crippen LogP contribution in [0.15, 0.2) is 0 Å². The van der Waals surface area contributed by atoms with Gasteiger partial charge in [0.15, 0.2) is 31.5 Å². The molecule has 5 heterocycles. The number of ether oxygens (including phenoxy) is 14. The van der Waals surface area contributed by atoms with Crippen molar-refractivity contribution in [1.82, 2.24) is 0 Å². The van der Waals surface area contributed by atoms with Crippen molar-refractivity contribution in [3.8, 4) is 0 Å². The van der Waals surface area contributed by atoms with Gasteiger partial charge in [-0.05, 0) is 92.4 Å². The fourth-order valence-electron chi connectivity index (χ4n) is 13.0. The molecule has 0 bridgehead atoms. The Morgan fingerprint density at radius 3 is 0.545 bits per heavy atom. The van der Waals surface area contributed by atoms with E-state index in [1.807, 2.05) is 34.6 Å². The highest BCUT2D eigenvalue weighted by Gasteiger charge is 2.49. The fraction of sp³-hybridized carbons (Fsp3) is 0.887. The molecule has 123 heavy (non-hydrogen) atoms. The van der Waals surface area contributed by atoms with Crippen molar-refractivity contribution >= 4 is 53.7 Å². The van der Waals surface area contributed by atoms with Crippen LogP contribution < -0.4 is 0 Å². The smallest absolute Gasteiger partial charge is 0.308 e. The zero-order valence-electron chi connectivity index (χ0n) is 72.7. The van der Waals surface area contributed by atoms with Gasteiger partial charge in [-0.2, -0.15) is 0 Å². The van der Waals surface area contributed by atoms with Crippen molar-refractivity contribution in [2.45, 2.75) is 453 Å². The first-order chi connectivity index (χ1) is 57.6. The summed E-state index contributed by atoms with van der Waals surface area (Å²) in [5.74, 6) is -7.60. The molecule has 0 spiro atoms. The largest absolute Gasteiger partial charge is 0.481 e. The third kappa shape index (κ3) is 42.4. The second kappa shape index (κ2) is 60.1. The van der Waals surface area contributed by atoms with E-state index >= 15 is 0 Å². The molecule has 43 nitrogen and oxygen atoms in total. The summed E-state index contributed by atoms with van der Waals surface area (Å²) in [6, 6.07) is 0. The molecule has 5 rings (SSSR count). The maximum Gasteiger partial charge on any atom is 0.308 e. The first-order valence-corrected chi connectivity index (χ1v) is 42.2. The van der Waals surface area contributed by atoms with Crippen LogP contribution in [-0.4, -0.2) is 364 Å². The molecular weight excluding hydrogens is 1650 g/mol. The second-order valence-electron chi connectivity index (χ2n) is 31.0. The van der Waals surface area contributed by atoms with E-state index in [1.165, 1.54) is 27.7 Å². The molecule has 5 aliphatic rings. The molecular formula is C80H142O43. The number of hydrogen-bond donors (Lipinski definition) is 20. The van der Waals surface area contributed by atoms with Gasteiger partial charge in [0.25, 0.3) is 0 Å². The van der Waals surface area contributed by atoms with E-state index in [2.05, 4.69) is 0 Å². The molecule has 0 saturated carbocycles. The Morgan fingerprint density at radius 2 is 0.374 bits per heavy atom. The van der Waals surface area contributed by atoms with Crippen molar-refractivity contribution in [2.24, 2.45) is 0 Å². The Hall–Kier alpha value is -5.77. The minimum atomic E-state index is -1.45. The van der Waals surface area contributed by atoms with Crippen LogP contribution in [0.25, 0.3) is 0 Å². The molecule has 0 aromatic heterocycles. The first kappa shape index (κ1) is 115. The van der Waals surface area contributed by atoms with Crippen molar-refractivity contribution in [3.05, 3.63) is 0 Å². The number of rotatable bonds is 46. The van der Waals surface area contributed by atoms with Crippen LogP contribution in [0.2, 0.25) is 0 Å². The quantitative estimate of drug-likeness (QED) is 0.0286. The van der Waals surface area contributed by atoms with Crippen LogP contribution >= 0.6 is 0 Å². The molecule has 0 radical (unpaired) electrons. The Kier molecular flexibility index (Phi) is 56.3. The molecule has 20 N–H and O–H groups in total. The predicted octanol–water partition coefficient (Wildman–Crippen LogP) is 0.217. The average molecular weight is 1790 g/mol. The number of carbonyl (C=O) groups excluding carboxylic acids is 4. The average Bonchev–Trinajstić information content (AvgIpc) is 0.841. The summed E-state index contributed by atoms with van der Waals surface area (Å²) in [4.78, 5) is 102. The minimum absolute atomic E-state index is 0.132. The molecule has 43 heteroatoms. The van der Waals surface area contributed by atoms with Gasteiger partial charge in [-0.1, -0.05) is 94.4 Å². The minimum Gasteiger partial charge on any atom is -0.481 e. The highest BCUT2D eigenvalue weighted by molar-refractivity contribution is 5.74. The fourth-order valence-corrected chi connectivity index (χ4v) is 13.0. The van der Waals surface area contributed by atoms with E-state index < -0.39 is 262 Å². The van der Waals surface area contributed by atoms with Gasteiger partial charge in [0, 0.05) is 0 Å². The molecule has 0 aromatic carbocycles. The Labute approximate surface area is 715 Å². The Balaban J connectivity index is 0.000000773. The normalized spacial score (nSPS) is 32.1. The molecule has 720 valence electrons. The monoisotopic (exact) mass is 1790 g/mol. The van der Waals surface area contributed by atoms with E-state index in [0.29, 0.717) is 89.9 Å². The number of aliphatic hydroxyl groups is 15. The topological polar surface area (TPSA) is 687 Å².